The van der Waals surface area contributed by atoms with Gasteiger partial charge in [-0.15, -0.1) is 11.3 Å². The molecule has 0 radical (unpaired) electrons. The first kappa shape index (κ1) is 17.8. The first-order chi connectivity index (χ1) is 11.4. The number of benzene rings is 1. The molecular formula is C16H15F3IN3S. The van der Waals surface area contributed by atoms with Gasteiger partial charge in [-0.2, -0.15) is 18.4 Å². The number of hydrogen-bond acceptors (Lipinski definition) is 4. The van der Waals surface area contributed by atoms with Crippen molar-refractivity contribution in [3.05, 3.63) is 26.6 Å². The molecule has 0 spiro atoms. The van der Waals surface area contributed by atoms with Crippen LogP contribution in [0.2, 0.25) is 0 Å². The molecule has 2 heterocycles. The predicted octanol–water partition coefficient (Wildman–Crippen LogP) is 4.52. The topological polar surface area (TPSA) is 47.9 Å². The predicted molar refractivity (Wildman–Crippen MR) is 98.3 cm³/mol. The van der Waals surface area contributed by atoms with Gasteiger partial charge in [-0.3, -0.25) is 0 Å². The molecule has 1 aliphatic rings. The van der Waals surface area contributed by atoms with E-state index < -0.39 is 12.6 Å². The Hall–Kier alpha value is -1.05. The maximum Gasteiger partial charge on any atom is 0.393 e. The van der Waals surface area contributed by atoms with Crippen molar-refractivity contribution >= 4 is 49.7 Å². The summed E-state index contributed by atoms with van der Waals surface area (Å²) in [4.78, 5) is 0. The van der Waals surface area contributed by atoms with Crippen molar-refractivity contribution in [2.24, 2.45) is 5.92 Å². The third-order valence-corrected chi connectivity index (χ3v) is 6.52. The number of nitrogens with one attached hydrogen (secondary N) is 2. The second-order valence-corrected chi connectivity index (χ2v) is 8.64. The summed E-state index contributed by atoms with van der Waals surface area (Å²) < 4.78 is 40.0. The standard InChI is InChI=1S/C16H15F3IN3S/c17-16(18,19)6-11-10-2-1-3-13(14(10)24-15(11)20)23-12-4-5-22-8-9(12)7-21/h1-3,9,12,22-23H,4-6,8H2. The maximum atomic E-state index is 12.8. The van der Waals surface area contributed by atoms with Crippen LogP contribution in [0.3, 0.4) is 0 Å². The van der Waals surface area contributed by atoms with Gasteiger partial charge < -0.3 is 10.6 Å². The second-order valence-electron chi connectivity index (χ2n) is 5.81. The lowest BCUT2D eigenvalue weighted by Crippen LogP contribution is -2.43. The summed E-state index contributed by atoms with van der Waals surface area (Å²) >= 11 is 3.35. The van der Waals surface area contributed by atoms with Crippen LogP contribution in [-0.4, -0.2) is 25.3 Å². The third-order valence-electron chi connectivity index (χ3n) is 4.14. The number of thiophene rings is 1. The molecule has 1 fully saturated rings. The molecule has 1 saturated heterocycles. The molecule has 1 aliphatic heterocycles. The Balaban J connectivity index is 1.95. The first-order valence-corrected chi connectivity index (χ1v) is 9.42. The summed E-state index contributed by atoms with van der Waals surface area (Å²) in [6.07, 6.45) is -4.33. The van der Waals surface area contributed by atoms with Crippen LogP contribution >= 0.6 is 33.9 Å². The Morgan fingerprint density at radius 2 is 2.21 bits per heavy atom. The van der Waals surface area contributed by atoms with Crippen LogP contribution in [-0.2, 0) is 6.42 Å². The summed E-state index contributed by atoms with van der Waals surface area (Å²) in [5, 5.41) is 16.5. The number of halogens is 4. The highest BCUT2D eigenvalue weighted by Crippen LogP contribution is 2.40. The minimum absolute atomic E-state index is 0.00711. The van der Waals surface area contributed by atoms with E-state index >= 15 is 0 Å². The van der Waals surface area contributed by atoms with Crippen molar-refractivity contribution in [1.82, 2.24) is 5.32 Å². The molecule has 3 nitrogen and oxygen atoms in total. The highest BCUT2D eigenvalue weighted by molar-refractivity contribution is 14.1. The van der Waals surface area contributed by atoms with Crippen LogP contribution in [0, 0.1) is 20.1 Å². The van der Waals surface area contributed by atoms with Gasteiger partial charge in [0, 0.05) is 12.6 Å². The summed E-state index contributed by atoms with van der Waals surface area (Å²) in [6.45, 7) is 1.46. The van der Waals surface area contributed by atoms with Crippen LogP contribution < -0.4 is 10.6 Å². The van der Waals surface area contributed by atoms with E-state index in [1.165, 1.54) is 11.3 Å². The van der Waals surface area contributed by atoms with E-state index in [4.69, 9.17) is 0 Å². The van der Waals surface area contributed by atoms with E-state index in [-0.39, 0.29) is 12.0 Å². The molecule has 24 heavy (non-hydrogen) atoms. The van der Waals surface area contributed by atoms with Crippen molar-refractivity contribution in [1.29, 1.82) is 5.26 Å². The third kappa shape index (κ3) is 3.78. The Labute approximate surface area is 155 Å². The summed E-state index contributed by atoms with van der Waals surface area (Å²) in [6, 6.07) is 7.70. The van der Waals surface area contributed by atoms with Crippen molar-refractivity contribution < 1.29 is 13.2 Å². The summed E-state index contributed by atoms with van der Waals surface area (Å²) in [5.41, 5.74) is 1.16. The van der Waals surface area contributed by atoms with Gasteiger partial charge in [0.25, 0.3) is 0 Å². The molecule has 0 aliphatic carbocycles. The Bertz CT molecular complexity index is 781. The second kappa shape index (κ2) is 7.06. The fourth-order valence-corrected chi connectivity index (χ4v) is 5.15. The number of piperidine rings is 1. The average molecular weight is 465 g/mol. The minimum Gasteiger partial charge on any atom is -0.380 e. The van der Waals surface area contributed by atoms with Gasteiger partial charge in [-0.05, 0) is 52.6 Å². The zero-order valence-corrected chi connectivity index (χ0v) is 15.6. The molecule has 0 bridgehead atoms. The lowest BCUT2D eigenvalue weighted by Gasteiger charge is -2.29. The molecule has 128 valence electrons. The van der Waals surface area contributed by atoms with Crippen LogP contribution in [0.4, 0.5) is 18.9 Å². The Morgan fingerprint density at radius 3 is 2.92 bits per heavy atom. The number of hydrogen-bond donors (Lipinski definition) is 2. The number of rotatable bonds is 3. The molecule has 1 aromatic carbocycles. The number of nitrogens with zero attached hydrogens (tertiary/aromatic N) is 1. The zero-order valence-electron chi connectivity index (χ0n) is 12.6. The molecule has 2 aromatic rings. The minimum atomic E-state index is -4.22. The van der Waals surface area contributed by atoms with E-state index in [2.05, 4.69) is 16.7 Å². The highest BCUT2D eigenvalue weighted by atomic mass is 127. The van der Waals surface area contributed by atoms with Crippen molar-refractivity contribution in [2.75, 3.05) is 18.4 Å². The highest BCUT2D eigenvalue weighted by Gasteiger charge is 2.31. The van der Waals surface area contributed by atoms with Gasteiger partial charge in [0.1, 0.15) is 0 Å². The number of alkyl halides is 3. The molecule has 8 heteroatoms. The van der Waals surface area contributed by atoms with Gasteiger partial charge in [0.05, 0.1) is 31.7 Å². The van der Waals surface area contributed by atoms with Gasteiger partial charge in [0.2, 0.25) is 0 Å². The van der Waals surface area contributed by atoms with E-state index in [0.717, 1.165) is 23.4 Å². The lowest BCUT2D eigenvalue weighted by atomic mass is 9.94. The fourth-order valence-electron chi connectivity index (χ4n) is 2.99. The van der Waals surface area contributed by atoms with E-state index in [1.807, 2.05) is 28.7 Å². The zero-order chi connectivity index (χ0) is 17.3. The Morgan fingerprint density at radius 1 is 1.42 bits per heavy atom. The quantitative estimate of drug-likeness (QED) is 0.656. The molecule has 2 atom stereocenters. The lowest BCUT2D eigenvalue weighted by molar-refractivity contribution is -0.127. The van der Waals surface area contributed by atoms with Gasteiger partial charge in [-0.1, -0.05) is 12.1 Å². The molecule has 2 N–H and O–H groups in total. The normalized spacial score (nSPS) is 21.6. The first-order valence-electron chi connectivity index (χ1n) is 7.52. The summed E-state index contributed by atoms with van der Waals surface area (Å²) in [5.74, 6) is -0.150. The van der Waals surface area contributed by atoms with Crippen LogP contribution in [0.25, 0.3) is 10.1 Å². The van der Waals surface area contributed by atoms with E-state index in [0.29, 0.717) is 20.4 Å². The molecular weight excluding hydrogens is 450 g/mol. The van der Waals surface area contributed by atoms with E-state index in [1.54, 1.807) is 12.1 Å². The SMILES string of the molecule is N#CC1CNCCC1Nc1cccc2c(CC(F)(F)F)c(I)sc12. The van der Waals surface area contributed by atoms with Gasteiger partial charge in [0.15, 0.2) is 0 Å². The molecule has 3 rings (SSSR count). The number of fused-ring (bicyclic) bond motifs is 1. The molecule has 0 saturated carbocycles. The Kier molecular flexibility index (Phi) is 5.22. The van der Waals surface area contributed by atoms with Crippen LogP contribution in [0.1, 0.15) is 12.0 Å². The smallest absolute Gasteiger partial charge is 0.380 e. The van der Waals surface area contributed by atoms with Gasteiger partial charge >= 0.3 is 6.18 Å². The summed E-state index contributed by atoms with van der Waals surface area (Å²) in [7, 11) is 0. The molecule has 1 aromatic heterocycles. The van der Waals surface area contributed by atoms with Crippen molar-refractivity contribution in [3.8, 4) is 6.07 Å². The van der Waals surface area contributed by atoms with E-state index in [9.17, 15) is 18.4 Å². The fraction of sp³-hybridized carbons (Fsp3) is 0.438. The van der Waals surface area contributed by atoms with Gasteiger partial charge in [-0.25, -0.2) is 0 Å². The number of anilines is 1. The number of nitriles is 1. The van der Waals surface area contributed by atoms with Crippen molar-refractivity contribution in [3.63, 3.8) is 0 Å². The monoisotopic (exact) mass is 465 g/mol. The van der Waals surface area contributed by atoms with Crippen LogP contribution in [0.5, 0.6) is 0 Å². The average Bonchev–Trinajstić information content (AvgIpc) is 2.84. The molecule has 0 amide bonds. The molecule has 2 unspecified atom stereocenters. The van der Waals surface area contributed by atoms with Crippen molar-refractivity contribution in [2.45, 2.75) is 25.1 Å². The van der Waals surface area contributed by atoms with Crippen LogP contribution in [0.15, 0.2) is 18.2 Å². The largest absolute Gasteiger partial charge is 0.393 e. The maximum absolute atomic E-state index is 12.8.